The molecule has 70 heavy (non-hydrogen) atoms. The first-order valence-electron chi connectivity index (χ1n) is 21.4. The highest BCUT2D eigenvalue weighted by molar-refractivity contribution is 9.10. The summed E-state index contributed by atoms with van der Waals surface area (Å²) in [5.41, 5.74) is 6.28. The molecule has 5 rings (SSSR count). The third kappa shape index (κ3) is 16.6. The maximum absolute atomic E-state index is 11.1. The van der Waals surface area contributed by atoms with Crippen LogP contribution in [0.15, 0.2) is 92.9 Å². The Morgan fingerprint density at radius 3 is 1.87 bits per heavy atom. The molecule has 0 unspecified atom stereocenters. The van der Waals surface area contributed by atoms with E-state index in [1.165, 1.54) is 6.20 Å². The van der Waals surface area contributed by atoms with Crippen molar-refractivity contribution < 1.29 is 49.0 Å². The lowest BCUT2D eigenvalue weighted by molar-refractivity contribution is -0.140. The van der Waals surface area contributed by atoms with E-state index in [1.54, 1.807) is 43.8 Å². The van der Waals surface area contributed by atoms with Crippen molar-refractivity contribution in [1.29, 1.82) is 5.26 Å². The van der Waals surface area contributed by atoms with Gasteiger partial charge in [0.05, 0.1) is 55.3 Å². The lowest BCUT2D eigenvalue weighted by Crippen LogP contribution is -2.28. The Kier molecular flexibility index (Phi) is 21.6. The minimum absolute atomic E-state index is 0.00336. The summed E-state index contributed by atoms with van der Waals surface area (Å²) in [6.07, 6.45) is 5.16. The number of carbonyl (C=O) groups is 2. The molecule has 0 amide bonds. The van der Waals surface area contributed by atoms with Crippen molar-refractivity contribution in [2.75, 3.05) is 32.1 Å². The fourth-order valence-electron chi connectivity index (χ4n) is 6.54. The van der Waals surface area contributed by atoms with Crippen LogP contribution in [0, 0.1) is 11.3 Å². The number of aliphatic carboxylic acids is 2. The van der Waals surface area contributed by atoms with Gasteiger partial charge in [-0.3, -0.25) is 19.6 Å². The number of hydrogen-bond acceptors (Lipinski definition) is 16. The highest BCUT2D eigenvalue weighted by Gasteiger charge is 2.20. The summed E-state index contributed by atoms with van der Waals surface area (Å²) in [5.74, 6) is -1.41. The number of anilines is 1. The zero-order valence-electron chi connectivity index (χ0n) is 38.1. The van der Waals surface area contributed by atoms with Crippen LogP contribution in [0.2, 0.25) is 5.02 Å². The van der Waals surface area contributed by atoms with Crippen molar-refractivity contribution >= 4 is 78.3 Å². The molecule has 22 heteroatoms. The van der Waals surface area contributed by atoms with Gasteiger partial charge in [-0.15, -0.1) is 0 Å². The Morgan fingerprint density at radius 2 is 1.33 bits per heavy atom. The fourth-order valence-corrected chi connectivity index (χ4v) is 8.04. The molecule has 370 valence electrons. The minimum atomic E-state index is -1.12. The number of carboxylic acid groups (broad SMARTS) is 2. The van der Waals surface area contributed by atoms with Gasteiger partial charge >= 0.3 is 11.9 Å². The van der Waals surface area contributed by atoms with Crippen LogP contribution in [0.4, 0.5) is 5.69 Å². The van der Waals surface area contributed by atoms with E-state index in [2.05, 4.69) is 73.8 Å². The molecule has 4 heterocycles. The predicted octanol–water partition coefficient (Wildman–Crippen LogP) is 7.94. The summed E-state index contributed by atoms with van der Waals surface area (Å²) >= 11 is 21.3. The molecule has 0 spiro atoms. The van der Waals surface area contributed by atoms with Gasteiger partial charge in [0.25, 0.3) is 0 Å². The van der Waals surface area contributed by atoms with E-state index in [4.69, 9.17) is 52.4 Å². The lowest BCUT2D eigenvalue weighted by Gasteiger charge is -2.18. The van der Waals surface area contributed by atoms with E-state index in [0.29, 0.717) is 63.5 Å². The molecule has 0 aliphatic rings. The molecule has 0 aliphatic heterocycles. The van der Waals surface area contributed by atoms with E-state index < -0.39 is 37.0 Å². The fraction of sp³-hybridized carbons (Fsp3) is 0.312. The number of rotatable bonds is 27. The number of halogens is 4. The van der Waals surface area contributed by atoms with Crippen molar-refractivity contribution in [3.8, 4) is 29.6 Å². The largest absolute Gasteiger partial charge is 0.481 e. The standard InChI is InChI=1S/C48H50Br2Cl2N8O10/c1-4-37(43(51)27(2)23-67-47-39(49)10-32(18-57-21-35(61)12-41(63)64)45(59-47)68-24-29-8-28(14-53)15-55-16-29)38-7-5-6-31(44(38)52)26-70-48-40(50)11-33(19-58-22-36(62)13-42(65)66)46(60-48)69-25-30-9-34(54-3)20-56-17-30/h4-11,15-17,20,35-36,54,57-58,61-62H,12-13,18-19,21-26H2,1-3H3,(H,63,64)(H,65,66)/b37-4-,43-27-/t35-,36-/m0/s1. The van der Waals surface area contributed by atoms with Crippen molar-refractivity contribution in [3.05, 3.63) is 137 Å². The number of nitriles is 1. The summed E-state index contributed by atoms with van der Waals surface area (Å²) in [4.78, 5) is 39.8. The first kappa shape index (κ1) is 55.0. The Balaban J connectivity index is 1.32. The van der Waals surface area contributed by atoms with Crippen LogP contribution >= 0.6 is 55.1 Å². The maximum Gasteiger partial charge on any atom is 0.306 e. The number of allylic oxidation sites excluding steroid dienone is 3. The summed E-state index contributed by atoms with van der Waals surface area (Å²) in [6.45, 7) is 4.19. The van der Waals surface area contributed by atoms with Gasteiger partial charge in [0.1, 0.15) is 32.5 Å². The number of hydrogen-bond donors (Lipinski definition) is 7. The van der Waals surface area contributed by atoms with Gasteiger partial charge in [-0.25, -0.2) is 0 Å². The molecule has 0 bridgehead atoms. The first-order chi connectivity index (χ1) is 33.6. The lowest BCUT2D eigenvalue weighted by atomic mass is 10.0. The van der Waals surface area contributed by atoms with Gasteiger partial charge in [-0.2, -0.15) is 15.2 Å². The van der Waals surface area contributed by atoms with Gasteiger partial charge in [-0.1, -0.05) is 47.5 Å². The van der Waals surface area contributed by atoms with Crippen LogP contribution in [0.1, 0.15) is 65.6 Å². The van der Waals surface area contributed by atoms with Crippen molar-refractivity contribution in [1.82, 2.24) is 30.6 Å². The molecule has 2 atom stereocenters. The Bertz CT molecular complexity index is 2740. The minimum Gasteiger partial charge on any atom is -0.481 e. The van der Waals surface area contributed by atoms with E-state index in [9.17, 15) is 25.1 Å². The number of aliphatic hydroxyl groups is 2. The summed E-state index contributed by atoms with van der Waals surface area (Å²) in [7, 11) is 1.79. The molecule has 0 fully saturated rings. The topological polar surface area (TPSA) is 263 Å². The van der Waals surface area contributed by atoms with E-state index in [0.717, 1.165) is 11.3 Å². The Hall–Kier alpha value is -5.89. The quantitative estimate of drug-likeness (QED) is 0.0246. The van der Waals surface area contributed by atoms with Crippen molar-refractivity contribution in [3.63, 3.8) is 0 Å². The zero-order valence-corrected chi connectivity index (χ0v) is 42.8. The van der Waals surface area contributed by atoms with Crippen LogP contribution < -0.4 is 34.9 Å². The number of nitrogens with one attached hydrogen (secondary N) is 3. The molecular formula is C48H50Br2Cl2N8O10. The number of ether oxygens (including phenoxy) is 4. The third-order valence-corrected chi connectivity index (χ3v) is 12.1. The van der Waals surface area contributed by atoms with Crippen LogP contribution in [0.25, 0.3) is 5.57 Å². The number of benzene rings is 1. The summed E-state index contributed by atoms with van der Waals surface area (Å²) < 4.78 is 25.7. The highest BCUT2D eigenvalue weighted by Crippen LogP contribution is 2.37. The zero-order chi connectivity index (χ0) is 50.7. The predicted molar refractivity (Wildman–Crippen MR) is 269 cm³/mol. The molecule has 1 aromatic carbocycles. The van der Waals surface area contributed by atoms with Gasteiger partial charge in [0.15, 0.2) is 0 Å². The van der Waals surface area contributed by atoms with Gasteiger partial charge in [-0.05, 0) is 81.1 Å². The molecule has 0 saturated carbocycles. The Morgan fingerprint density at radius 1 is 0.786 bits per heavy atom. The molecule has 7 N–H and O–H groups in total. The summed E-state index contributed by atoms with van der Waals surface area (Å²) in [6, 6.07) is 14.6. The van der Waals surface area contributed by atoms with E-state index in [-0.39, 0.29) is 76.1 Å². The molecule has 0 aliphatic carbocycles. The third-order valence-electron chi connectivity index (χ3n) is 9.99. The summed E-state index contributed by atoms with van der Waals surface area (Å²) in [5, 5.41) is 57.5. The number of nitrogens with zero attached hydrogens (tertiary/aromatic N) is 5. The highest BCUT2D eigenvalue weighted by atomic mass is 79.9. The smallest absolute Gasteiger partial charge is 0.306 e. The van der Waals surface area contributed by atoms with Crippen LogP contribution in [0.3, 0.4) is 0 Å². The average molecular weight is 1130 g/mol. The second kappa shape index (κ2) is 27.5. The van der Waals surface area contributed by atoms with Gasteiger partial charge in [0, 0.05) is 91.4 Å². The molecule has 18 nitrogen and oxygen atoms in total. The molecular weight excluding hydrogens is 1080 g/mol. The second-order valence-electron chi connectivity index (χ2n) is 15.5. The molecule has 4 aromatic heterocycles. The van der Waals surface area contributed by atoms with Gasteiger partial charge in [0.2, 0.25) is 23.5 Å². The SMILES string of the molecule is C/C=C(\C(Cl)=C(/C)COc1nc(OCc2cncc(C#N)c2)c(CNC[C@@H](O)CC(=O)O)cc1Br)c1cccc(COc2nc(OCc3cncc(NC)c3)c(CNC[C@@H](O)CC(=O)O)cc2Br)c1Cl. The van der Waals surface area contributed by atoms with Crippen molar-refractivity contribution in [2.24, 2.45) is 0 Å². The second-order valence-corrected chi connectivity index (χ2v) is 18.0. The van der Waals surface area contributed by atoms with Crippen LogP contribution in [-0.4, -0.2) is 91.3 Å². The monoisotopic (exact) mass is 1130 g/mol. The number of aliphatic hydroxyl groups excluding tert-OH is 2. The normalized spacial score (nSPS) is 12.6. The van der Waals surface area contributed by atoms with Crippen molar-refractivity contribution in [2.45, 2.75) is 71.8 Å². The average Bonchev–Trinajstić information content (AvgIpc) is 3.33. The van der Waals surface area contributed by atoms with Crippen LogP contribution in [0.5, 0.6) is 23.5 Å². The van der Waals surface area contributed by atoms with Crippen LogP contribution in [-0.2, 0) is 42.5 Å². The van der Waals surface area contributed by atoms with Gasteiger partial charge < -0.3 is 55.3 Å². The molecule has 0 radical (unpaired) electrons. The molecule has 0 saturated heterocycles. The number of aromatic nitrogens is 4. The number of pyridine rings is 4. The first-order valence-corrected chi connectivity index (χ1v) is 23.8. The molecule has 5 aromatic rings. The number of carboxylic acids is 2. The Labute approximate surface area is 431 Å². The maximum atomic E-state index is 11.1. The van der Waals surface area contributed by atoms with E-state index >= 15 is 0 Å². The van der Waals surface area contributed by atoms with E-state index in [1.807, 2.05) is 44.2 Å².